The van der Waals surface area contributed by atoms with Crippen LogP contribution in [0.4, 0.5) is 22.0 Å². The van der Waals surface area contributed by atoms with Crippen molar-refractivity contribution in [3.8, 4) is 5.75 Å². The molecule has 1 fully saturated rings. The third-order valence-electron chi connectivity index (χ3n) is 3.32. The van der Waals surface area contributed by atoms with Crippen LogP contribution in [0.1, 0.15) is 19.3 Å². The molecule has 7 heteroatoms. The number of nitrogens with two attached hydrogens (primary N) is 1. The summed E-state index contributed by atoms with van der Waals surface area (Å²) < 4.78 is 70.1. The largest absolute Gasteiger partial charge is 0.487 e. The van der Waals surface area contributed by atoms with Crippen molar-refractivity contribution in [2.45, 2.75) is 19.3 Å². The van der Waals surface area contributed by atoms with Gasteiger partial charge in [0.1, 0.15) is 0 Å². The lowest BCUT2D eigenvalue weighted by molar-refractivity contribution is 0.201. The van der Waals surface area contributed by atoms with Gasteiger partial charge in [-0.15, -0.1) is 0 Å². The number of halogens is 5. The highest BCUT2D eigenvalue weighted by Gasteiger charge is 2.43. The Bertz CT molecular complexity index is 472. The van der Waals surface area contributed by atoms with Crippen molar-refractivity contribution in [2.24, 2.45) is 11.1 Å². The van der Waals surface area contributed by atoms with Crippen LogP contribution in [-0.4, -0.2) is 13.2 Å². The first-order valence-electron chi connectivity index (χ1n) is 5.76. The first kappa shape index (κ1) is 14.0. The zero-order chi connectivity index (χ0) is 14.2. The molecule has 0 saturated heterocycles. The van der Waals surface area contributed by atoms with Crippen molar-refractivity contribution >= 4 is 0 Å². The molecule has 2 nitrogen and oxygen atoms in total. The van der Waals surface area contributed by atoms with E-state index in [-0.39, 0.29) is 12.0 Å². The van der Waals surface area contributed by atoms with Gasteiger partial charge in [-0.1, -0.05) is 0 Å². The number of hydrogen-bond acceptors (Lipinski definition) is 2. The molecule has 19 heavy (non-hydrogen) atoms. The number of rotatable bonds is 5. The fourth-order valence-electron chi connectivity index (χ4n) is 1.89. The third-order valence-corrected chi connectivity index (χ3v) is 3.32. The Hall–Kier alpha value is -1.37. The summed E-state index contributed by atoms with van der Waals surface area (Å²) in [6.45, 7) is 0.267. The number of ether oxygens (including phenoxy) is 1. The molecule has 0 unspecified atom stereocenters. The van der Waals surface area contributed by atoms with Crippen molar-refractivity contribution in [3.05, 3.63) is 29.1 Å². The summed E-state index contributed by atoms with van der Waals surface area (Å²) >= 11 is 0. The van der Waals surface area contributed by atoms with E-state index in [2.05, 4.69) is 0 Å². The topological polar surface area (TPSA) is 35.2 Å². The Morgan fingerprint density at radius 1 is 0.895 bits per heavy atom. The normalized spacial score (nSPS) is 16.5. The fourth-order valence-corrected chi connectivity index (χ4v) is 1.89. The second-order valence-corrected chi connectivity index (χ2v) is 4.73. The predicted octanol–water partition coefficient (Wildman–Crippen LogP) is 2.89. The van der Waals surface area contributed by atoms with Crippen molar-refractivity contribution < 1.29 is 26.7 Å². The standard InChI is InChI=1S/C12H12F5NO/c13-6-7(14)9(16)11(10(17)8(6)15)19-5-12(1-2-12)3-4-18/h1-5,18H2. The third kappa shape index (κ3) is 2.51. The van der Waals surface area contributed by atoms with Crippen LogP contribution in [0.2, 0.25) is 0 Å². The minimum absolute atomic E-state index is 0.109. The van der Waals surface area contributed by atoms with Crippen LogP contribution in [0.25, 0.3) is 0 Å². The maximum Gasteiger partial charge on any atom is 0.206 e. The summed E-state index contributed by atoms with van der Waals surface area (Å²) in [5.41, 5.74) is 5.08. The van der Waals surface area contributed by atoms with Crippen LogP contribution in [0.3, 0.4) is 0 Å². The summed E-state index contributed by atoms with van der Waals surface area (Å²) in [5.74, 6) is -11.3. The predicted molar refractivity (Wildman–Crippen MR) is 57.1 cm³/mol. The van der Waals surface area contributed by atoms with Crippen LogP contribution in [-0.2, 0) is 0 Å². The van der Waals surface area contributed by atoms with E-state index in [0.717, 1.165) is 12.8 Å². The van der Waals surface area contributed by atoms with E-state index in [1.165, 1.54) is 0 Å². The molecule has 2 N–H and O–H groups in total. The molecule has 0 spiro atoms. The molecule has 0 radical (unpaired) electrons. The highest BCUT2D eigenvalue weighted by molar-refractivity contribution is 5.30. The summed E-state index contributed by atoms with van der Waals surface area (Å²) in [7, 11) is 0. The van der Waals surface area contributed by atoms with Crippen LogP contribution in [0.5, 0.6) is 5.75 Å². The Balaban J connectivity index is 2.21. The molecule has 0 amide bonds. The average Bonchev–Trinajstić information content (AvgIpc) is 3.14. The summed E-state index contributed by atoms with van der Waals surface area (Å²) in [4.78, 5) is 0. The molecule has 0 heterocycles. The van der Waals surface area contributed by atoms with Crippen LogP contribution >= 0.6 is 0 Å². The number of hydrogen-bond donors (Lipinski definition) is 1. The van der Waals surface area contributed by atoms with Gasteiger partial charge in [-0.2, -0.15) is 8.78 Å². The second-order valence-electron chi connectivity index (χ2n) is 4.73. The zero-order valence-corrected chi connectivity index (χ0v) is 9.91. The molecular formula is C12H12F5NO. The monoisotopic (exact) mass is 281 g/mol. The van der Waals surface area contributed by atoms with E-state index in [1.807, 2.05) is 0 Å². The number of benzene rings is 1. The van der Waals surface area contributed by atoms with Gasteiger partial charge in [0.2, 0.25) is 29.1 Å². The maximum absolute atomic E-state index is 13.3. The van der Waals surface area contributed by atoms with Gasteiger partial charge in [0.05, 0.1) is 6.61 Å². The molecule has 0 aliphatic heterocycles. The Kier molecular flexibility index (Phi) is 3.66. The molecule has 1 aliphatic rings. The first-order valence-corrected chi connectivity index (χ1v) is 5.76. The SMILES string of the molecule is NCCC1(COc2c(F)c(F)c(F)c(F)c2F)CC1. The lowest BCUT2D eigenvalue weighted by Crippen LogP contribution is -2.19. The summed E-state index contributed by atoms with van der Waals surface area (Å²) in [5, 5.41) is 0. The van der Waals surface area contributed by atoms with Crippen LogP contribution in [0.15, 0.2) is 0 Å². The van der Waals surface area contributed by atoms with E-state index in [9.17, 15) is 22.0 Å². The smallest absolute Gasteiger partial charge is 0.206 e. The zero-order valence-electron chi connectivity index (χ0n) is 9.91. The summed E-state index contributed by atoms with van der Waals surface area (Å²) in [6, 6.07) is 0. The van der Waals surface area contributed by atoms with Gasteiger partial charge in [-0.3, -0.25) is 0 Å². The van der Waals surface area contributed by atoms with Gasteiger partial charge >= 0.3 is 0 Å². The maximum atomic E-state index is 13.3. The van der Waals surface area contributed by atoms with Crippen molar-refractivity contribution in [3.63, 3.8) is 0 Å². The molecule has 0 atom stereocenters. The molecule has 1 aromatic carbocycles. The van der Waals surface area contributed by atoms with Gasteiger partial charge in [0, 0.05) is 5.41 Å². The van der Waals surface area contributed by atoms with E-state index in [0.29, 0.717) is 13.0 Å². The summed E-state index contributed by atoms with van der Waals surface area (Å²) in [6.07, 6.45) is 2.11. The lowest BCUT2D eigenvalue weighted by Gasteiger charge is -2.16. The van der Waals surface area contributed by atoms with Crippen molar-refractivity contribution in [2.75, 3.05) is 13.2 Å². The molecule has 1 aliphatic carbocycles. The van der Waals surface area contributed by atoms with Gasteiger partial charge in [-0.25, -0.2) is 13.2 Å². The molecule has 0 aromatic heterocycles. The van der Waals surface area contributed by atoms with Crippen molar-refractivity contribution in [1.29, 1.82) is 0 Å². The average molecular weight is 281 g/mol. The Morgan fingerprint density at radius 2 is 1.37 bits per heavy atom. The highest BCUT2D eigenvalue weighted by Crippen LogP contribution is 2.49. The van der Waals surface area contributed by atoms with Crippen molar-refractivity contribution in [1.82, 2.24) is 0 Å². The molecule has 106 valence electrons. The van der Waals surface area contributed by atoms with Gasteiger partial charge in [0.25, 0.3) is 0 Å². The minimum atomic E-state index is -2.19. The van der Waals surface area contributed by atoms with Crippen LogP contribution < -0.4 is 10.5 Å². The lowest BCUT2D eigenvalue weighted by atomic mass is 10.0. The van der Waals surface area contributed by atoms with E-state index in [4.69, 9.17) is 10.5 Å². The van der Waals surface area contributed by atoms with E-state index >= 15 is 0 Å². The van der Waals surface area contributed by atoms with Gasteiger partial charge < -0.3 is 10.5 Å². The molecule has 1 saturated carbocycles. The van der Waals surface area contributed by atoms with E-state index < -0.39 is 34.8 Å². The fraction of sp³-hybridized carbons (Fsp3) is 0.500. The Morgan fingerprint density at radius 3 is 1.79 bits per heavy atom. The van der Waals surface area contributed by atoms with Gasteiger partial charge in [-0.05, 0) is 25.8 Å². The van der Waals surface area contributed by atoms with Gasteiger partial charge in [0.15, 0.2) is 5.75 Å². The quantitative estimate of drug-likeness (QED) is 0.511. The van der Waals surface area contributed by atoms with E-state index in [1.54, 1.807) is 0 Å². The molecule has 2 rings (SSSR count). The molecule has 1 aromatic rings. The molecular weight excluding hydrogens is 269 g/mol. The second kappa shape index (κ2) is 4.96. The highest BCUT2D eigenvalue weighted by atomic mass is 19.2. The Labute approximate surface area is 106 Å². The first-order chi connectivity index (χ1) is 8.92. The van der Waals surface area contributed by atoms with Crippen LogP contribution in [0, 0.1) is 34.5 Å². The molecule has 0 bridgehead atoms. The minimum Gasteiger partial charge on any atom is -0.487 e.